The van der Waals surface area contributed by atoms with Gasteiger partial charge in [0.2, 0.25) is 0 Å². The lowest BCUT2D eigenvalue weighted by atomic mass is 9.44. The molecule has 7 nitrogen and oxygen atoms in total. The number of imide groups is 1. The van der Waals surface area contributed by atoms with Crippen molar-refractivity contribution in [3.8, 4) is 0 Å². The van der Waals surface area contributed by atoms with Crippen molar-refractivity contribution in [2.75, 3.05) is 6.61 Å². The van der Waals surface area contributed by atoms with Crippen LogP contribution in [-0.4, -0.2) is 45.9 Å². The second-order valence-corrected chi connectivity index (χ2v) is 10.7. The highest BCUT2D eigenvalue weighted by molar-refractivity contribution is 6.02. The van der Waals surface area contributed by atoms with Crippen LogP contribution >= 0.6 is 0 Å². The molecule has 1 rings (SSSR count). The Bertz CT molecular complexity index is 923. The minimum absolute atomic E-state index is 0.00202. The number of ether oxygens (including phenoxy) is 1. The molecule has 0 heterocycles. The van der Waals surface area contributed by atoms with Crippen molar-refractivity contribution in [3.05, 3.63) is 35.5 Å². The number of carbonyl (C=O) groups excluding carboxylic acids is 3. The van der Waals surface area contributed by atoms with E-state index < -0.39 is 34.3 Å². The number of carbonyl (C=O) groups is 4. The maximum Gasteiger partial charge on any atom is 0.414 e. The number of carboxylic acid groups (broad SMARTS) is 1. The molecule has 1 fully saturated rings. The average molecular weight is 476 g/mol. The fraction of sp³-hybridized carbons (Fsp3) is 0.630. The highest BCUT2D eigenvalue weighted by atomic mass is 16.5. The normalized spacial score (nSPS) is 28.3. The molecule has 0 bridgehead atoms. The lowest BCUT2D eigenvalue weighted by molar-refractivity contribution is -0.174. The summed E-state index contributed by atoms with van der Waals surface area (Å²) in [6.07, 6.45) is 2.68. The van der Waals surface area contributed by atoms with Crippen LogP contribution < -0.4 is 0 Å². The average Bonchev–Trinajstić information content (AvgIpc) is 2.68. The van der Waals surface area contributed by atoms with E-state index in [0.717, 1.165) is 10.5 Å². The van der Waals surface area contributed by atoms with Crippen LogP contribution in [0.15, 0.2) is 35.5 Å². The second-order valence-electron chi connectivity index (χ2n) is 10.7. The number of rotatable bonds is 8. The van der Waals surface area contributed by atoms with Gasteiger partial charge < -0.3 is 9.84 Å². The first kappa shape index (κ1) is 29.3. The van der Waals surface area contributed by atoms with Crippen molar-refractivity contribution in [2.45, 2.75) is 87.1 Å². The Kier molecular flexibility index (Phi) is 9.23. The van der Waals surface area contributed by atoms with E-state index in [9.17, 15) is 24.3 Å². The van der Waals surface area contributed by atoms with Crippen LogP contribution in [0, 0.1) is 16.7 Å². The molecule has 34 heavy (non-hydrogen) atoms. The summed E-state index contributed by atoms with van der Waals surface area (Å²) in [5.74, 6) is -1.43. The van der Waals surface area contributed by atoms with Gasteiger partial charge in [-0.1, -0.05) is 31.6 Å². The Morgan fingerprint density at radius 1 is 1.03 bits per heavy atom. The minimum atomic E-state index is -1.40. The third kappa shape index (κ3) is 5.34. The van der Waals surface area contributed by atoms with Gasteiger partial charge in [0.25, 0.3) is 5.91 Å². The predicted octanol–water partition coefficient (Wildman–Crippen LogP) is 5.71. The van der Waals surface area contributed by atoms with Crippen LogP contribution in [0.1, 0.15) is 81.6 Å². The van der Waals surface area contributed by atoms with Crippen molar-refractivity contribution in [1.82, 2.24) is 4.90 Å². The predicted molar refractivity (Wildman–Crippen MR) is 132 cm³/mol. The minimum Gasteiger partial charge on any atom is -0.465 e. The standard InChI is InChI=1S/C27H41NO6/c1-17(2)15-21(29)27(10)25(8,13-14-34-23(31)19(5)6)20(7)11-12-26(27,9)28(24(32)33)22(30)16-18(3)4/h15-16,20H,5,11-14H2,1-4,6-10H3,(H,32,33). The molecule has 4 atom stereocenters. The highest BCUT2D eigenvalue weighted by Gasteiger charge is 2.67. The van der Waals surface area contributed by atoms with Gasteiger partial charge in [0, 0.05) is 11.6 Å². The third-order valence-corrected chi connectivity index (χ3v) is 7.80. The first-order valence-corrected chi connectivity index (χ1v) is 11.7. The summed E-state index contributed by atoms with van der Waals surface area (Å²) in [4.78, 5) is 52.4. The zero-order chi connectivity index (χ0) is 26.6. The summed E-state index contributed by atoms with van der Waals surface area (Å²) in [6.45, 7) is 19.7. The number of esters is 1. The number of nitrogens with zero attached hydrogens (tertiary/aromatic N) is 1. The number of allylic oxidation sites excluding steroid dienone is 3. The molecule has 2 amide bonds. The topological polar surface area (TPSA) is 101 Å². The first-order valence-electron chi connectivity index (χ1n) is 11.7. The number of amides is 2. The molecule has 0 spiro atoms. The summed E-state index contributed by atoms with van der Waals surface area (Å²) in [5.41, 5.74) is -1.67. The van der Waals surface area contributed by atoms with Gasteiger partial charge in [-0.05, 0) is 85.1 Å². The summed E-state index contributed by atoms with van der Waals surface area (Å²) in [7, 11) is 0. The lowest BCUT2D eigenvalue weighted by Gasteiger charge is -2.63. The Hall–Kier alpha value is -2.70. The summed E-state index contributed by atoms with van der Waals surface area (Å²) in [6, 6.07) is 0. The Balaban J connectivity index is 3.79. The molecule has 1 aliphatic rings. The van der Waals surface area contributed by atoms with Crippen LogP contribution in [0.25, 0.3) is 0 Å². The van der Waals surface area contributed by atoms with Gasteiger partial charge in [0.05, 0.1) is 17.6 Å². The van der Waals surface area contributed by atoms with E-state index in [1.165, 1.54) is 12.2 Å². The fourth-order valence-electron chi connectivity index (χ4n) is 5.30. The van der Waals surface area contributed by atoms with E-state index in [1.807, 2.05) is 13.8 Å². The quantitative estimate of drug-likeness (QED) is 0.357. The van der Waals surface area contributed by atoms with Gasteiger partial charge in [-0.15, -0.1) is 0 Å². The van der Waals surface area contributed by atoms with E-state index in [1.54, 1.807) is 48.5 Å². The Labute approximate surface area is 203 Å². The van der Waals surface area contributed by atoms with Gasteiger partial charge in [0.15, 0.2) is 5.78 Å². The second kappa shape index (κ2) is 10.7. The van der Waals surface area contributed by atoms with Gasteiger partial charge >= 0.3 is 12.1 Å². The monoisotopic (exact) mass is 475 g/mol. The van der Waals surface area contributed by atoms with Crippen LogP contribution in [0.5, 0.6) is 0 Å². The Morgan fingerprint density at radius 3 is 2.00 bits per heavy atom. The molecule has 0 aliphatic heterocycles. The molecule has 4 unspecified atom stereocenters. The molecule has 1 aliphatic carbocycles. The van der Waals surface area contributed by atoms with Crippen LogP contribution in [0.3, 0.4) is 0 Å². The zero-order valence-electron chi connectivity index (χ0n) is 22.2. The molecule has 7 heteroatoms. The van der Waals surface area contributed by atoms with Crippen LogP contribution in [0.2, 0.25) is 0 Å². The van der Waals surface area contributed by atoms with Crippen molar-refractivity contribution >= 4 is 23.8 Å². The van der Waals surface area contributed by atoms with Crippen molar-refractivity contribution < 1.29 is 29.0 Å². The molecule has 0 aromatic rings. The molecule has 0 aromatic heterocycles. The van der Waals surface area contributed by atoms with Crippen LogP contribution in [-0.2, 0) is 19.1 Å². The SMILES string of the molecule is C=C(C)C(=O)OCCC1(C)C(C)CCC(C)(N(C(=O)O)C(=O)C=C(C)C)C1(C)C(=O)C=C(C)C. The Morgan fingerprint density at radius 2 is 1.56 bits per heavy atom. The number of hydrogen-bond acceptors (Lipinski definition) is 5. The zero-order valence-corrected chi connectivity index (χ0v) is 22.2. The fourth-order valence-corrected chi connectivity index (χ4v) is 5.30. The van der Waals surface area contributed by atoms with Gasteiger partial charge in [-0.2, -0.15) is 0 Å². The number of hydrogen-bond donors (Lipinski definition) is 1. The maximum absolute atomic E-state index is 13.9. The molecule has 1 N–H and O–H groups in total. The van der Waals surface area contributed by atoms with E-state index in [-0.39, 0.29) is 23.9 Å². The highest BCUT2D eigenvalue weighted by Crippen LogP contribution is 2.62. The molecule has 0 radical (unpaired) electrons. The molecule has 0 aromatic carbocycles. The molecular weight excluding hydrogens is 434 g/mol. The number of ketones is 1. The molecule has 0 saturated heterocycles. The van der Waals surface area contributed by atoms with E-state index in [0.29, 0.717) is 24.8 Å². The summed E-state index contributed by atoms with van der Waals surface area (Å²) < 4.78 is 5.38. The molecule has 190 valence electrons. The molecular formula is C27H41NO6. The largest absolute Gasteiger partial charge is 0.465 e. The van der Waals surface area contributed by atoms with E-state index in [4.69, 9.17) is 4.74 Å². The summed E-state index contributed by atoms with van der Waals surface area (Å²) in [5, 5.41) is 10.2. The maximum atomic E-state index is 13.9. The van der Waals surface area contributed by atoms with Crippen molar-refractivity contribution in [2.24, 2.45) is 16.7 Å². The van der Waals surface area contributed by atoms with Gasteiger partial charge in [-0.25, -0.2) is 14.5 Å². The van der Waals surface area contributed by atoms with Gasteiger partial charge in [-0.3, -0.25) is 9.59 Å². The van der Waals surface area contributed by atoms with Crippen LogP contribution in [0.4, 0.5) is 4.79 Å². The van der Waals surface area contributed by atoms with E-state index in [2.05, 4.69) is 6.58 Å². The van der Waals surface area contributed by atoms with Crippen molar-refractivity contribution in [3.63, 3.8) is 0 Å². The molecule has 1 saturated carbocycles. The smallest absolute Gasteiger partial charge is 0.414 e. The third-order valence-electron chi connectivity index (χ3n) is 7.80. The van der Waals surface area contributed by atoms with E-state index >= 15 is 0 Å². The van der Waals surface area contributed by atoms with Gasteiger partial charge in [0.1, 0.15) is 0 Å². The first-order chi connectivity index (χ1) is 15.5. The van der Waals surface area contributed by atoms with Crippen molar-refractivity contribution in [1.29, 1.82) is 0 Å². The lowest BCUT2D eigenvalue weighted by Crippen LogP contribution is -2.71. The summed E-state index contributed by atoms with van der Waals surface area (Å²) >= 11 is 0.